The molecule has 1 aliphatic rings. The van der Waals surface area contributed by atoms with Crippen molar-refractivity contribution in [3.8, 4) is 0 Å². The van der Waals surface area contributed by atoms with Crippen LogP contribution in [0.1, 0.15) is 11.6 Å². The highest BCUT2D eigenvalue weighted by molar-refractivity contribution is 5.23. The zero-order valence-corrected chi connectivity index (χ0v) is 8.13. The number of rotatable bonds is 3. The lowest BCUT2D eigenvalue weighted by atomic mass is 9.92. The third-order valence-electron chi connectivity index (χ3n) is 2.68. The molecule has 2 nitrogen and oxygen atoms in total. The van der Waals surface area contributed by atoms with Crippen LogP contribution in [0.3, 0.4) is 0 Å². The largest absolute Gasteiger partial charge is 0.390 e. The first kappa shape index (κ1) is 9.44. The number of β-amino-alcohol motifs (C(OH)–C–C–N with tert-alkyl or cyclic N) is 1. The van der Waals surface area contributed by atoms with E-state index in [1.807, 2.05) is 24.3 Å². The number of likely N-dealkylation sites (tertiary alicyclic amines) is 1. The molecule has 0 saturated carbocycles. The van der Waals surface area contributed by atoms with E-state index in [2.05, 4.69) is 23.6 Å². The molecular weight excluding hydrogens is 174 g/mol. The quantitative estimate of drug-likeness (QED) is 0.730. The third kappa shape index (κ3) is 1.59. The lowest BCUT2D eigenvalue weighted by molar-refractivity contribution is -0.0563. The number of nitrogens with zero attached hydrogens (tertiary/aromatic N) is 1. The molecule has 2 unspecified atom stereocenters. The maximum Gasteiger partial charge on any atom is 0.0864 e. The van der Waals surface area contributed by atoms with Crippen LogP contribution in [0.5, 0.6) is 0 Å². The van der Waals surface area contributed by atoms with Gasteiger partial charge in [0.05, 0.1) is 12.1 Å². The van der Waals surface area contributed by atoms with Gasteiger partial charge in [0.2, 0.25) is 0 Å². The van der Waals surface area contributed by atoms with E-state index in [4.69, 9.17) is 0 Å². The Labute approximate surface area is 84.5 Å². The first-order valence-corrected chi connectivity index (χ1v) is 4.91. The standard InChI is InChI=1S/C12H15NO/c1-2-8-13-9-11(14)12(13)10-6-4-3-5-7-10/h2-7,11-12,14H,1,8-9H2. The molecule has 0 aromatic heterocycles. The summed E-state index contributed by atoms with van der Waals surface area (Å²) in [5.74, 6) is 0. The molecule has 1 aromatic rings. The summed E-state index contributed by atoms with van der Waals surface area (Å²) in [6, 6.07) is 10.3. The van der Waals surface area contributed by atoms with Crippen molar-refractivity contribution in [3.05, 3.63) is 48.6 Å². The SMILES string of the molecule is C=CCN1CC(O)C1c1ccccc1. The predicted molar refractivity (Wildman–Crippen MR) is 57.0 cm³/mol. The minimum atomic E-state index is -0.225. The lowest BCUT2D eigenvalue weighted by Crippen LogP contribution is -2.53. The van der Waals surface area contributed by atoms with Gasteiger partial charge in [0.25, 0.3) is 0 Å². The van der Waals surface area contributed by atoms with Gasteiger partial charge in [-0.05, 0) is 5.56 Å². The van der Waals surface area contributed by atoms with Crippen molar-refractivity contribution in [2.75, 3.05) is 13.1 Å². The molecule has 74 valence electrons. The van der Waals surface area contributed by atoms with Gasteiger partial charge in [-0.2, -0.15) is 0 Å². The maximum atomic E-state index is 9.68. The second-order valence-electron chi connectivity index (χ2n) is 3.67. The van der Waals surface area contributed by atoms with Crippen molar-refractivity contribution < 1.29 is 5.11 Å². The molecule has 1 aromatic carbocycles. The Balaban J connectivity index is 2.13. The van der Waals surface area contributed by atoms with Crippen molar-refractivity contribution in [2.24, 2.45) is 0 Å². The maximum absolute atomic E-state index is 9.68. The third-order valence-corrected chi connectivity index (χ3v) is 2.68. The van der Waals surface area contributed by atoms with Crippen LogP contribution in [0, 0.1) is 0 Å². The second-order valence-corrected chi connectivity index (χ2v) is 3.67. The average molecular weight is 189 g/mol. The van der Waals surface area contributed by atoms with E-state index in [-0.39, 0.29) is 12.1 Å². The number of hydrogen-bond acceptors (Lipinski definition) is 2. The van der Waals surface area contributed by atoms with Crippen LogP contribution in [0.15, 0.2) is 43.0 Å². The summed E-state index contributed by atoms with van der Waals surface area (Å²) >= 11 is 0. The number of hydrogen-bond donors (Lipinski definition) is 1. The highest BCUT2D eigenvalue weighted by atomic mass is 16.3. The first-order valence-electron chi connectivity index (χ1n) is 4.91. The van der Waals surface area contributed by atoms with Crippen LogP contribution in [0.25, 0.3) is 0 Å². The number of aliphatic hydroxyl groups excluding tert-OH is 1. The Hall–Kier alpha value is -1.12. The Morgan fingerprint density at radius 3 is 2.71 bits per heavy atom. The van der Waals surface area contributed by atoms with Gasteiger partial charge >= 0.3 is 0 Å². The molecule has 1 aliphatic heterocycles. The van der Waals surface area contributed by atoms with E-state index in [0.717, 1.165) is 13.1 Å². The fourth-order valence-electron chi connectivity index (χ4n) is 2.00. The smallest absolute Gasteiger partial charge is 0.0864 e. The number of aliphatic hydroxyl groups is 1. The summed E-state index contributed by atoms with van der Waals surface area (Å²) in [5, 5.41) is 9.68. The first-order chi connectivity index (χ1) is 6.83. The van der Waals surface area contributed by atoms with Crippen LogP contribution in [0.2, 0.25) is 0 Å². The topological polar surface area (TPSA) is 23.5 Å². The molecule has 0 radical (unpaired) electrons. The molecule has 2 rings (SSSR count). The molecule has 14 heavy (non-hydrogen) atoms. The zero-order chi connectivity index (χ0) is 9.97. The fraction of sp³-hybridized carbons (Fsp3) is 0.333. The van der Waals surface area contributed by atoms with Gasteiger partial charge in [-0.25, -0.2) is 0 Å². The molecule has 0 aliphatic carbocycles. The van der Waals surface area contributed by atoms with Gasteiger partial charge < -0.3 is 5.11 Å². The summed E-state index contributed by atoms with van der Waals surface area (Å²) < 4.78 is 0. The van der Waals surface area contributed by atoms with E-state index < -0.39 is 0 Å². The summed E-state index contributed by atoms with van der Waals surface area (Å²) in [7, 11) is 0. The predicted octanol–water partition coefficient (Wildman–Crippen LogP) is 1.59. The van der Waals surface area contributed by atoms with Crippen molar-refractivity contribution in [1.82, 2.24) is 4.90 Å². The van der Waals surface area contributed by atoms with Crippen molar-refractivity contribution in [1.29, 1.82) is 0 Å². The highest BCUT2D eigenvalue weighted by Crippen LogP contribution is 2.32. The minimum absolute atomic E-state index is 0.161. The van der Waals surface area contributed by atoms with E-state index in [1.165, 1.54) is 5.56 Å². The minimum Gasteiger partial charge on any atom is -0.390 e. The van der Waals surface area contributed by atoms with Crippen molar-refractivity contribution in [2.45, 2.75) is 12.1 Å². The van der Waals surface area contributed by atoms with E-state index in [0.29, 0.717) is 0 Å². The highest BCUT2D eigenvalue weighted by Gasteiger charge is 2.37. The van der Waals surface area contributed by atoms with Gasteiger partial charge in [0.15, 0.2) is 0 Å². The molecule has 1 saturated heterocycles. The zero-order valence-electron chi connectivity index (χ0n) is 8.13. The van der Waals surface area contributed by atoms with Crippen molar-refractivity contribution >= 4 is 0 Å². The Morgan fingerprint density at radius 1 is 1.43 bits per heavy atom. The molecular formula is C12H15NO. The van der Waals surface area contributed by atoms with Crippen molar-refractivity contribution in [3.63, 3.8) is 0 Å². The lowest BCUT2D eigenvalue weighted by Gasteiger charge is -2.45. The molecule has 0 spiro atoms. The van der Waals surface area contributed by atoms with E-state index in [9.17, 15) is 5.11 Å². The fourth-order valence-corrected chi connectivity index (χ4v) is 2.00. The van der Waals surface area contributed by atoms with Crippen LogP contribution >= 0.6 is 0 Å². The molecule has 0 bridgehead atoms. The second kappa shape index (κ2) is 3.95. The van der Waals surface area contributed by atoms with E-state index >= 15 is 0 Å². The Bertz CT molecular complexity index is 309. The molecule has 2 atom stereocenters. The monoisotopic (exact) mass is 189 g/mol. The molecule has 1 heterocycles. The summed E-state index contributed by atoms with van der Waals surface area (Å²) in [6.45, 7) is 5.31. The Morgan fingerprint density at radius 2 is 2.14 bits per heavy atom. The summed E-state index contributed by atoms with van der Waals surface area (Å²) in [4.78, 5) is 2.22. The van der Waals surface area contributed by atoms with Crippen LogP contribution in [-0.2, 0) is 0 Å². The van der Waals surface area contributed by atoms with Gasteiger partial charge in [0.1, 0.15) is 0 Å². The van der Waals surface area contributed by atoms with Gasteiger partial charge in [-0.1, -0.05) is 36.4 Å². The van der Waals surface area contributed by atoms with Crippen LogP contribution < -0.4 is 0 Å². The van der Waals surface area contributed by atoms with Crippen LogP contribution in [0.4, 0.5) is 0 Å². The normalized spacial score (nSPS) is 26.9. The molecule has 1 fully saturated rings. The average Bonchev–Trinajstić information content (AvgIpc) is 2.19. The van der Waals surface area contributed by atoms with Gasteiger partial charge in [-0.3, -0.25) is 4.90 Å². The molecule has 0 amide bonds. The van der Waals surface area contributed by atoms with Crippen LogP contribution in [-0.4, -0.2) is 29.2 Å². The Kier molecular flexibility index (Phi) is 2.66. The van der Waals surface area contributed by atoms with Gasteiger partial charge in [0, 0.05) is 13.1 Å². The summed E-state index contributed by atoms with van der Waals surface area (Å²) in [6.07, 6.45) is 1.65. The molecule has 1 N–H and O–H groups in total. The summed E-state index contributed by atoms with van der Waals surface area (Å²) in [5.41, 5.74) is 1.19. The molecule has 2 heteroatoms. The number of benzene rings is 1. The van der Waals surface area contributed by atoms with Gasteiger partial charge in [-0.15, -0.1) is 6.58 Å². The van der Waals surface area contributed by atoms with E-state index in [1.54, 1.807) is 0 Å².